The van der Waals surface area contributed by atoms with Gasteiger partial charge in [-0.1, -0.05) is 12.1 Å². The van der Waals surface area contributed by atoms with Crippen LogP contribution in [0, 0.1) is 17.5 Å². The van der Waals surface area contributed by atoms with Crippen molar-refractivity contribution in [2.75, 3.05) is 7.05 Å². The molecule has 0 bridgehead atoms. The van der Waals surface area contributed by atoms with Gasteiger partial charge in [-0.3, -0.25) is 9.78 Å². The minimum Gasteiger partial charge on any atom is -0.342 e. The summed E-state index contributed by atoms with van der Waals surface area (Å²) in [5, 5.41) is 0. The van der Waals surface area contributed by atoms with Crippen molar-refractivity contribution >= 4 is 5.91 Å². The van der Waals surface area contributed by atoms with Gasteiger partial charge in [0.25, 0.3) is 0 Å². The number of nitrogens with zero attached hydrogens (tertiary/aromatic N) is 2. The van der Waals surface area contributed by atoms with Crippen LogP contribution >= 0.6 is 0 Å². The van der Waals surface area contributed by atoms with E-state index in [1.54, 1.807) is 19.3 Å². The highest BCUT2D eigenvalue weighted by Gasteiger charge is 2.20. The molecule has 1 heterocycles. The minimum atomic E-state index is -1.56. The third-order valence-electron chi connectivity index (χ3n) is 3.74. The van der Waals surface area contributed by atoms with Crippen molar-refractivity contribution in [2.45, 2.75) is 25.8 Å². The SMILES string of the molecule is C[C@@H](Cc1ccccn1)N(C)C(=O)Cc1ccc(F)c(F)c1F. The van der Waals surface area contributed by atoms with E-state index < -0.39 is 17.5 Å². The predicted octanol–water partition coefficient (Wildman–Crippen LogP) is 3.13. The molecule has 6 heteroatoms. The number of hydrogen-bond donors (Lipinski definition) is 0. The van der Waals surface area contributed by atoms with Crippen LogP contribution in [-0.2, 0) is 17.6 Å². The van der Waals surface area contributed by atoms with Gasteiger partial charge in [-0.05, 0) is 25.1 Å². The van der Waals surface area contributed by atoms with Crippen molar-refractivity contribution in [3.63, 3.8) is 0 Å². The van der Waals surface area contributed by atoms with Gasteiger partial charge in [0.05, 0.1) is 6.42 Å². The van der Waals surface area contributed by atoms with Crippen LogP contribution in [0.25, 0.3) is 0 Å². The molecular formula is C17H17F3N2O. The topological polar surface area (TPSA) is 33.2 Å². The smallest absolute Gasteiger partial charge is 0.227 e. The molecule has 1 atom stereocenters. The second-order valence-corrected chi connectivity index (χ2v) is 5.39. The second-order valence-electron chi connectivity index (χ2n) is 5.39. The van der Waals surface area contributed by atoms with E-state index in [-0.39, 0.29) is 23.9 Å². The monoisotopic (exact) mass is 322 g/mol. The van der Waals surface area contributed by atoms with Crippen LogP contribution in [0.5, 0.6) is 0 Å². The van der Waals surface area contributed by atoms with Gasteiger partial charge < -0.3 is 4.90 Å². The van der Waals surface area contributed by atoms with Crippen molar-refractivity contribution in [3.05, 3.63) is 65.2 Å². The average molecular weight is 322 g/mol. The molecule has 0 saturated carbocycles. The van der Waals surface area contributed by atoms with Crippen LogP contribution in [0.15, 0.2) is 36.5 Å². The molecule has 0 unspecified atom stereocenters. The summed E-state index contributed by atoms with van der Waals surface area (Å²) in [6.45, 7) is 1.84. The number of likely N-dealkylation sites (N-methyl/N-ethyl adjacent to an activating group) is 1. The van der Waals surface area contributed by atoms with Gasteiger partial charge in [0.15, 0.2) is 17.5 Å². The molecule has 2 aromatic rings. The van der Waals surface area contributed by atoms with E-state index in [9.17, 15) is 18.0 Å². The molecule has 0 N–H and O–H groups in total. The molecule has 0 aliphatic heterocycles. The van der Waals surface area contributed by atoms with Gasteiger partial charge in [-0.15, -0.1) is 0 Å². The molecular weight excluding hydrogens is 305 g/mol. The van der Waals surface area contributed by atoms with E-state index in [2.05, 4.69) is 4.98 Å². The number of amides is 1. The Hall–Kier alpha value is -2.37. The third kappa shape index (κ3) is 4.09. The van der Waals surface area contributed by atoms with E-state index in [1.165, 1.54) is 4.90 Å². The summed E-state index contributed by atoms with van der Waals surface area (Å²) >= 11 is 0. The van der Waals surface area contributed by atoms with Crippen LogP contribution in [0.4, 0.5) is 13.2 Å². The van der Waals surface area contributed by atoms with Crippen LogP contribution in [-0.4, -0.2) is 28.9 Å². The molecule has 23 heavy (non-hydrogen) atoms. The summed E-state index contributed by atoms with van der Waals surface area (Å²) in [5.74, 6) is -4.52. The highest BCUT2D eigenvalue weighted by molar-refractivity contribution is 5.78. The van der Waals surface area contributed by atoms with E-state index in [1.807, 2.05) is 19.1 Å². The molecule has 0 saturated heterocycles. The molecule has 1 aromatic carbocycles. The molecule has 0 fully saturated rings. The summed E-state index contributed by atoms with van der Waals surface area (Å²) in [7, 11) is 1.59. The second kappa shape index (κ2) is 7.26. The van der Waals surface area contributed by atoms with E-state index in [4.69, 9.17) is 0 Å². The van der Waals surface area contributed by atoms with E-state index in [0.717, 1.165) is 17.8 Å². The first-order chi connectivity index (χ1) is 10.9. The predicted molar refractivity (Wildman–Crippen MR) is 80.2 cm³/mol. The fourth-order valence-electron chi connectivity index (χ4n) is 2.19. The normalized spacial score (nSPS) is 12.0. The Morgan fingerprint density at radius 1 is 1.17 bits per heavy atom. The maximum absolute atomic E-state index is 13.6. The minimum absolute atomic E-state index is 0.161. The fraction of sp³-hybridized carbons (Fsp3) is 0.294. The lowest BCUT2D eigenvalue weighted by Crippen LogP contribution is -2.37. The van der Waals surface area contributed by atoms with Crippen LogP contribution in [0.3, 0.4) is 0 Å². The number of carbonyl (C=O) groups excluding carboxylic acids is 1. The van der Waals surface area contributed by atoms with Gasteiger partial charge >= 0.3 is 0 Å². The summed E-state index contributed by atoms with van der Waals surface area (Å²) in [5.41, 5.74) is 0.671. The van der Waals surface area contributed by atoms with Crippen LogP contribution in [0.1, 0.15) is 18.2 Å². The van der Waals surface area contributed by atoms with Gasteiger partial charge in [0.2, 0.25) is 5.91 Å². The molecule has 0 radical (unpaired) electrons. The zero-order chi connectivity index (χ0) is 17.0. The zero-order valence-corrected chi connectivity index (χ0v) is 12.9. The number of carbonyl (C=O) groups is 1. The number of hydrogen-bond acceptors (Lipinski definition) is 2. The first kappa shape index (κ1) is 17.0. The molecule has 3 nitrogen and oxygen atoms in total. The molecule has 0 spiro atoms. The third-order valence-corrected chi connectivity index (χ3v) is 3.74. The number of halogens is 3. The first-order valence-corrected chi connectivity index (χ1v) is 7.18. The largest absolute Gasteiger partial charge is 0.342 e. The van der Waals surface area contributed by atoms with Gasteiger partial charge in [0.1, 0.15) is 0 Å². The summed E-state index contributed by atoms with van der Waals surface area (Å²) in [6, 6.07) is 7.25. The van der Waals surface area contributed by atoms with Gasteiger partial charge in [-0.25, -0.2) is 13.2 Å². The van der Waals surface area contributed by atoms with Gasteiger partial charge in [-0.2, -0.15) is 0 Å². The van der Waals surface area contributed by atoms with E-state index >= 15 is 0 Å². The molecule has 0 aliphatic rings. The maximum atomic E-state index is 13.6. The molecule has 2 rings (SSSR count). The standard InChI is InChI=1S/C17H17F3N2O/c1-11(9-13-5-3-4-8-21-13)22(2)15(23)10-12-6-7-14(18)17(20)16(12)19/h3-8,11H,9-10H2,1-2H3/t11-/m0/s1. The number of pyridine rings is 1. The van der Waals surface area contributed by atoms with Crippen molar-refractivity contribution in [1.29, 1.82) is 0 Å². The quantitative estimate of drug-likeness (QED) is 0.793. The lowest BCUT2D eigenvalue weighted by Gasteiger charge is -2.25. The Bertz CT molecular complexity index is 692. The van der Waals surface area contributed by atoms with Crippen molar-refractivity contribution in [3.8, 4) is 0 Å². The highest BCUT2D eigenvalue weighted by Crippen LogP contribution is 2.17. The average Bonchev–Trinajstić information content (AvgIpc) is 2.55. The first-order valence-electron chi connectivity index (χ1n) is 7.18. The Kier molecular flexibility index (Phi) is 5.36. The molecule has 1 aromatic heterocycles. The Labute approximate surface area is 132 Å². The number of rotatable bonds is 5. The lowest BCUT2D eigenvalue weighted by atomic mass is 10.1. The lowest BCUT2D eigenvalue weighted by molar-refractivity contribution is -0.130. The Morgan fingerprint density at radius 3 is 2.57 bits per heavy atom. The van der Waals surface area contributed by atoms with Crippen LogP contribution in [0.2, 0.25) is 0 Å². The highest BCUT2D eigenvalue weighted by atomic mass is 19.2. The number of benzene rings is 1. The summed E-state index contributed by atoms with van der Waals surface area (Å²) in [6.07, 6.45) is 1.88. The van der Waals surface area contributed by atoms with Crippen molar-refractivity contribution in [2.24, 2.45) is 0 Å². The Balaban J connectivity index is 2.04. The Morgan fingerprint density at radius 2 is 1.91 bits per heavy atom. The maximum Gasteiger partial charge on any atom is 0.227 e. The van der Waals surface area contributed by atoms with Crippen LogP contribution < -0.4 is 0 Å². The summed E-state index contributed by atoms with van der Waals surface area (Å²) in [4.78, 5) is 17.9. The summed E-state index contributed by atoms with van der Waals surface area (Å²) < 4.78 is 39.8. The molecule has 0 aliphatic carbocycles. The van der Waals surface area contributed by atoms with Gasteiger partial charge in [0, 0.05) is 37.0 Å². The molecule has 1 amide bonds. The van der Waals surface area contributed by atoms with Crippen molar-refractivity contribution < 1.29 is 18.0 Å². The van der Waals surface area contributed by atoms with E-state index in [0.29, 0.717) is 6.42 Å². The number of aromatic nitrogens is 1. The fourth-order valence-corrected chi connectivity index (χ4v) is 2.19. The zero-order valence-electron chi connectivity index (χ0n) is 12.9. The van der Waals surface area contributed by atoms with Crippen molar-refractivity contribution in [1.82, 2.24) is 9.88 Å². The molecule has 122 valence electrons.